The van der Waals surface area contributed by atoms with Gasteiger partial charge in [0.1, 0.15) is 23.9 Å². The second kappa shape index (κ2) is 10.7. The molecule has 1 N–H and O–H groups in total. The molecule has 2 amide bonds. The van der Waals surface area contributed by atoms with Gasteiger partial charge in [-0.25, -0.2) is 0 Å². The molecule has 1 aliphatic heterocycles. The van der Waals surface area contributed by atoms with Gasteiger partial charge in [-0.2, -0.15) is 0 Å². The Labute approximate surface area is 199 Å². The first-order valence-electron chi connectivity index (χ1n) is 11.3. The van der Waals surface area contributed by atoms with Gasteiger partial charge in [-0.1, -0.05) is 35.9 Å². The number of nitrogens with one attached hydrogen (secondary N) is 1. The monoisotopic (exact) mass is 460 g/mol. The lowest BCUT2D eigenvalue weighted by Gasteiger charge is -2.33. The summed E-state index contributed by atoms with van der Waals surface area (Å²) in [5.74, 6) is 1.73. The summed E-state index contributed by atoms with van der Waals surface area (Å²) in [4.78, 5) is 26.9. The SMILES string of the molecule is Cc1ccc(OCCN2C(=O)C(C)Oc3ccc(NC(=O)CCOc4ccccc4)cc32)cc1. The Hall–Kier alpha value is -4.00. The van der Waals surface area contributed by atoms with Crippen molar-refractivity contribution in [1.82, 2.24) is 0 Å². The van der Waals surface area contributed by atoms with Crippen LogP contribution in [0, 0.1) is 6.92 Å². The number of benzene rings is 3. The number of rotatable bonds is 9. The molecule has 1 aliphatic rings. The lowest BCUT2D eigenvalue weighted by atomic mass is 10.1. The number of hydrogen-bond acceptors (Lipinski definition) is 5. The molecule has 0 fully saturated rings. The van der Waals surface area contributed by atoms with Crippen molar-refractivity contribution >= 4 is 23.2 Å². The minimum absolute atomic E-state index is 0.153. The number of anilines is 2. The van der Waals surface area contributed by atoms with Crippen LogP contribution in [0.15, 0.2) is 72.8 Å². The molecule has 1 heterocycles. The summed E-state index contributed by atoms with van der Waals surface area (Å²) in [6.45, 7) is 4.69. The number of aryl methyl sites for hydroxylation is 1. The molecule has 0 radical (unpaired) electrons. The molecule has 7 nitrogen and oxygen atoms in total. The summed E-state index contributed by atoms with van der Waals surface area (Å²) in [7, 11) is 0. The summed E-state index contributed by atoms with van der Waals surface area (Å²) >= 11 is 0. The Kier molecular flexibility index (Phi) is 7.32. The third kappa shape index (κ3) is 5.86. The number of ether oxygens (including phenoxy) is 3. The Bertz CT molecular complexity index is 1130. The van der Waals surface area contributed by atoms with Crippen molar-refractivity contribution in [3.05, 3.63) is 78.4 Å². The van der Waals surface area contributed by atoms with E-state index in [1.54, 1.807) is 30.0 Å². The second-order valence-electron chi connectivity index (χ2n) is 8.05. The van der Waals surface area contributed by atoms with Crippen LogP contribution in [-0.2, 0) is 9.59 Å². The molecular weight excluding hydrogens is 432 g/mol. The van der Waals surface area contributed by atoms with E-state index in [0.717, 1.165) is 17.1 Å². The molecule has 0 aliphatic carbocycles. The van der Waals surface area contributed by atoms with E-state index in [1.165, 1.54) is 0 Å². The van der Waals surface area contributed by atoms with Crippen LogP contribution in [0.3, 0.4) is 0 Å². The third-order valence-electron chi connectivity index (χ3n) is 5.40. The van der Waals surface area contributed by atoms with Crippen LogP contribution in [0.2, 0.25) is 0 Å². The number of carbonyl (C=O) groups is 2. The van der Waals surface area contributed by atoms with Gasteiger partial charge in [0.2, 0.25) is 5.91 Å². The molecule has 176 valence electrons. The van der Waals surface area contributed by atoms with Crippen molar-refractivity contribution in [2.24, 2.45) is 0 Å². The van der Waals surface area contributed by atoms with Crippen molar-refractivity contribution in [3.8, 4) is 17.2 Å². The first kappa shape index (κ1) is 23.2. The first-order valence-corrected chi connectivity index (χ1v) is 11.3. The van der Waals surface area contributed by atoms with Crippen LogP contribution in [0.5, 0.6) is 17.2 Å². The van der Waals surface area contributed by atoms with Crippen molar-refractivity contribution in [2.75, 3.05) is 30.0 Å². The number of amides is 2. The molecule has 0 spiro atoms. The standard InChI is InChI=1S/C27H28N2O5/c1-19-8-11-23(12-9-19)33-17-15-29-24-18-21(10-13-25(24)34-20(2)27(29)31)28-26(30)14-16-32-22-6-4-3-5-7-22/h3-13,18,20H,14-17H2,1-2H3,(H,28,30). The van der Waals surface area contributed by atoms with Gasteiger partial charge in [-0.3, -0.25) is 9.59 Å². The number of hydrogen-bond donors (Lipinski definition) is 1. The molecule has 1 unspecified atom stereocenters. The summed E-state index contributed by atoms with van der Waals surface area (Å²) in [6.07, 6.45) is -0.394. The van der Waals surface area contributed by atoms with E-state index in [9.17, 15) is 9.59 Å². The van der Waals surface area contributed by atoms with Crippen molar-refractivity contribution < 1.29 is 23.8 Å². The normalized spacial score (nSPS) is 14.7. The zero-order chi connectivity index (χ0) is 23.9. The molecular formula is C27H28N2O5. The molecule has 3 aromatic rings. The summed E-state index contributed by atoms with van der Waals surface area (Å²) in [5.41, 5.74) is 2.34. The Morgan fingerprint density at radius 3 is 2.44 bits per heavy atom. The number of carbonyl (C=O) groups excluding carboxylic acids is 2. The van der Waals surface area contributed by atoms with Gasteiger partial charge >= 0.3 is 0 Å². The molecule has 4 rings (SSSR count). The predicted molar refractivity (Wildman–Crippen MR) is 131 cm³/mol. The van der Waals surface area contributed by atoms with Gasteiger partial charge in [0.25, 0.3) is 5.91 Å². The fourth-order valence-corrected chi connectivity index (χ4v) is 3.61. The highest BCUT2D eigenvalue weighted by atomic mass is 16.5. The maximum absolute atomic E-state index is 12.8. The van der Waals surface area contributed by atoms with Gasteiger partial charge in [0.05, 0.1) is 25.3 Å². The predicted octanol–water partition coefficient (Wildman–Crippen LogP) is 4.60. The second-order valence-corrected chi connectivity index (χ2v) is 8.05. The van der Waals surface area contributed by atoms with Crippen molar-refractivity contribution in [2.45, 2.75) is 26.4 Å². The summed E-state index contributed by atoms with van der Waals surface area (Å²) < 4.78 is 17.2. The minimum Gasteiger partial charge on any atom is -0.493 e. The summed E-state index contributed by atoms with van der Waals surface area (Å²) in [6, 6.07) is 22.4. The zero-order valence-corrected chi connectivity index (χ0v) is 19.3. The van der Waals surface area contributed by atoms with Crippen molar-refractivity contribution in [1.29, 1.82) is 0 Å². The Morgan fingerprint density at radius 1 is 0.971 bits per heavy atom. The third-order valence-corrected chi connectivity index (χ3v) is 5.40. The molecule has 0 aromatic heterocycles. The van der Waals surface area contributed by atoms with Crippen LogP contribution in [0.25, 0.3) is 0 Å². The highest BCUT2D eigenvalue weighted by Crippen LogP contribution is 2.36. The fraction of sp³-hybridized carbons (Fsp3) is 0.259. The topological polar surface area (TPSA) is 77.1 Å². The first-order chi connectivity index (χ1) is 16.5. The highest BCUT2D eigenvalue weighted by Gasteiger charge is 2.31. The van der Waals surface area contributed by atoms with E-state index in [0.29, 0.717) is 30.3 Å². The van der Waals surface area contributed by atoms with E-state index in [1.807, 2.05) is 61.5 Å². The summed E-state index contributed by atoms with van der Waals surface area (Å²) in [5, 5.41) is 2.87. The zero-order valence-electron chi connectivity index (χ0n) is 19.3. The molecule has 0 bridgehead atoms. The molecule has 0 saturated heterocycles. The van der Waals surface area contributed by atoms with E-state index in [-0.39, 0.29) is 24.8 Å². The molecule has 0 saturated carbocycles. The Balaban J connectivity index is 1.37. The van der Waals surface area contributed by atoms with E-state index in [4.69, 9.17) is 14.2 Å². The Morgan fingerprint density at radius 2 is 1.68 bits per heavy atom. The minimum atomic E-state index is -0.595. The fourth-order valence-electron chi connectivity index (χ4n) is 3.61. The lowest BCUT2D eigenvalue weighted by molar-refractivity contribution is -0.125. The van der Waals surface area contributed by atoms with Crippen LogP contribution in [0.4, 0.5) is 11.4 Å². The van der Waals surface area contributed by atoms with Crippen LogP contribution >= 0.6 is 0 Å². The van der Waals surface area contributed by atoms with Gasteiger partial charge in [-0.05, 0) is 56.3 Å². The maximum atomic E-state index is 12.8. The number of para-hydroxylation sites is 1. The maximum Gasteiger partial charge on any atom is 0.267 e. The van der Waals surface area contributed by atoms with Gasteiger partial charge in [0.15, 0.2) is 6.10 Å². The van der Waals surface area contributed by atoms with Gasteiger partial charge < -0.3 is 24.4 Å². The van der Waals surface area contributed by atoms with E-state index in [2.05, 4.69) is 5.32 Å². The van der Waals surface area contributed by atoms with Crippen LogP contribution < -0.4 is 24.4 Å². The highest BCUT2D eigenvalue weighted by molar-refractivity contribution is 6.01. The molecule has 3 aromatic carbocycles. The molecule has 1 atom stereocenters. The lowest BCUT2D eigenvalue weighted by Crippen LogP contribution is -2.46. The van der Waals surface area contributed by atoms with E-state index >= 15 is 0 Å². The molecule has 34 heavy (non-hydrogen) atoms. The van der Waals surface area contributed by atoms with Crippen molar-refractivity contribution in [3.63, 3.8) is 0 Å². The number of fused-ring (bicyclic) bond motifs is 1. The van der Waals surface area contributed by atoms with Gasteiger partial charge in [-0.15, -0.1) is 0 Å². The average molecular weight is 461 g/mol. The largest absolute Gasteiger partial charge is 0.493 e. The average Bonchev–Trinajstić information content (AvgIpc) is 2.84. The van der Waals surface area contributed by atoms with Crippen LogP contribution in [-0.4, -0.2) is 37.7 Å². The van der Waals surface area contributed by atoms with Crippen LogP contribution in [0.1, 0.15) is 18.9 Å². The number of nitrogens with zero attached hydrogens (tertiary/aromatic N) is 1. The van der Waals surface area contributed by atoms with Gasteiger partial charge in [0, 0.05) is 5.69 Å². The van der Waals surface area contributed by atoms with E-state index < -0.39 is 6.10 Å². The smallest absolute Gasteiger partial charge is 0.267 e. The molecule has 7 heteroatoms. The quantitative estimate of drug-likeness (QED) is 0.505.